The number of halogens is 2. The van der Waals surface area contributed by atoms with Crippen LogP contribution in [0.25, 0.3) is 0 Å². The van der Waals surface area contributed by atoms with E-state index in [0.29, 0.717) is 6.54 Å². The quantitative estimate of drug-likeness (QED) is 0.851. The first-order chi connectivity index (χ1) is 9.97. The van der Waals surface area contributed by atoms with Crippen LogP contribution in [-0.2, 0) is 6.54 Å². The molecule has 0 spiro atoms. The van der Waals surface area contributed by atoms with Crippen molar-refractivity contribution in [3.63, 3.8) is 0 Å². The fourth-order valence-corrected chi connectivity index (χ4v) is 2.48. The smallest absolute Gasteiger partial charge is 0.335 e. The molecular formula is C16H15BrFNO2. The number of rotatable bonds is 5. The van der Waals surface area contributed by atoms with Gasteiger partial charge in [0.05, 0.1) is 5.56 Å². The lowest BCUT2D eigenvalue weighted by molar-refractivity contribution is 0.0697. The summed E-state index contributed by atoms with van der Waals surface area (Å²) in [7, 11) is 0. The zero-order valence-electron chi connectivity index (χ0n) is 11.4. The van der Waals surface area contributed by atoms with E-state index in [1.807, 2.05) is 6.92 Å². The lowest BCUT2D eigenvalue weighted by Crippen LogP contribution is -2.18. The van der Waals surface area contributed by atoms with Gasteiger partial charge in [-0.15, -0.1) is 0 Å². The molecule has 0 radical (unpaired) electrons. The van der Waals surface area contributed by atoms with Gasteiger partial charge in [-0.3, -0.25) is 0 Å². The maximum absolute atomic E-state index is 12.9. The van der Waals surface area contributed by atoms with Gasteiger partial charge < -0.3 is 10.4 Å². The predicted molar refractivity (Wildman–Crippen MR) is 82.8 cm³/mol. The average Bonchev–Trinajstić information content (AvgIpc) is 2.46. The van der Waals surface area contributed by atoms with Crippen molar-refractivity contribution < 1.29 is 14.3 Å². The van der Waals surface area contributed by atoms with Crippen LogP contribution in [0.1, 0.15) is 34.5 Å². The topological polar surface area (TPSA) is 49.3 Å². The third-order valence-corrected chi connectivity index (χ3v) is 4.01. The van der Waals surface area contributed by atoms with Crippen molar-refractivity contribution in [3.05, 3.63) is 69.4 Å². The highest BCUT2D eigenvalue weighted by atomic mass is 79.9. The highest BCUT2D eigenvalue weighted by molar-refractivity contribution is 9.10. The molecule has 0 aliphatic carbocycles. The second-order valence-corrected chi connectivity index (χ2v) is 5.62. The van der Waals surface area contributed by atoms with Crippen LogP contribution < -0.4 is 5.32 Å². The average molecular weight is 352 g/mol. The van der Waals surface area contributed by atoms with Crippen LogP contribution in [0.15, 0.2) is 46.9 Å². The lowest BCUT2D eigenvalue weighted by Gasteiger charge is -2.15. The van der Waals surface area contributed by atoms with Crippen LogP contribution >= 0.6 is 15.9 Å². The SMILES string of the molecule is CC(NCc1ccc(C(=O)O)cc1Br)c1ccc(F)cc1. The van der Waals surface area contributed by atoms with Gasteiger partial charge in [0.1, 0.15) is 5.82 Å². The summed E-state index contributed by atoms with van der Waals surface area (Å²) in [4.78, 5) is 10.9. The highest BCUT2D eigenvalue weighted by Gasteiger charge is 2.09. The minimum absolute atomic E-state index is 0.0663. The molecule has 110 valence electrons. The second-order valence-electron chi connectivity index (χ2n) is 4.77. The highest BCUT2D eigenvalue weighted by Crippen LogP contribution is 2.20. The molecule has 2 aromatic carbocycles. The van der Waals surface area contributed by atoms with E-state index >= 15 is 0 Å². The summed E-state index contributed by atoms with van der Waals surface area (Å²) < 4.78 is 13.6. The zero-order valence-corrected chi connectivity index (χ0v) is 13.0. The van der Waals surface area contributed by atoms with Gasteiger partial charge in [0.15, 0.2) is 0 Å². The number of carboxylic acid groups (broad SMARTS) is 1. The van der Waals surface area contributed by atoms with E-state index in [4.69, 9.17) is 5.11 Å². The summed E-state index contributed by atoms with van der Waals surface area (Å²) >= 11 is 3.38. The van der Waals surface area contributed by atoms with Crippen LogP contribution in [0.5, 0.6) is 0 Å². The number of hydrogen-bond donors (Lipinski definition) is 2. The van der Waals surface area contributed by atoms with E-state index in [1.54, 1.807) is 30.3 Å². The maximum Gasteiger partial charge on any atom is 0.335 e. The monoisotopic (exact) mass is 351 g/mol. The van der Waals surface area contributed by atoms with Crippen molar-refractivity contribution in [1.82, 2.24) is 5.32 Å². The van der Waals surface area contributed by atoms with Crippen LogP contribution in [-0.4, -0.2) is 11.1 Å². The Morgan fingerprint density at radius 1 is 1.29 bits per heavy atom. The Hall–Kier alpha value is -1.72. The molecule has 0 aliphatic heterocycles. The Morgan fingerprint density at radius 2 is 1.95 bits per heavy atom. The first kappa shape index (κ1) is 15.7. The third kappa shape index (κ3) is 4.12. The summed E-state index contributed by atoms with van der Waals surface area (Å²) in [6.07, 6.45) is 0. The molecule has 0 amide bonds. The fraction of sp³-hybridized carbons (Fsp3) is 0.188. The number of aromatic carboxylic acids is 1. The molecule has 0 aliphatic rings. The molecule has 0 saturated heterocycles. The minimum Gasteiger partial charge on any atom is -0.478 e. The molecule has 2 aromatic rings. The molecule has 2 N–H and O–H groups in total. The molecule has 5 heteroatoms. The largest absolute Gasteiger partial charge is 0.478 e. The van der Waals surface area contributed by atoms with Crippen LogP contribution in [0.2, 0.25) is 0 Å². The summed E-state index contributed by atoms with van der Waals surface area (Å²) in [5.41, 5.74) is 2.21. The number of benzene rings is 2. The molecule has 2 rings (SSSR count). The van der Waals surface area contributed by atoms with Gasteiger partial charge >= 0.3 is 5.97 Å². The van der Waals surface area contributed by atoms with E-state index in [0.717, 1.165) is 15.6 Å². The summed E-state index contributed by atoms with van der Waals surface area (Å²) in [5.74, 6) is -1.20. The van der Waals surface area contributed by atoms with Gasteiger partial charge in [0, 0.05) is 17.1 Å². The van der Waals surface area contributed by atoms with Crippen molar-refractivity contribution in [2.45, 2.75) is 19.5 Å². The van der Waals surface area contributed by atoms with E-state index in [-0.39, 0.29) is 17.4 Å². The predicted octanol–water partition coefficient (Wildman–Crippen LogP) is 4.14. The van der Waals surface area contributed by atoms with Crippen molar-refractivity contribution in [2.24, 2.45) is 0 Å². The Balaban J connectivity index is 2.02. The van der Waals surface area contributed by atoms with E-state index in [1.165, 1.54) is 12.1 Å². The maximum atomic E-state index is 12.9. The molecule has 3 nitrogen and oxygen atoms in total. The minimum atomic E-state index is -0.949. The Bertz CT molecular complexity index is 643. The van der Waals surface area contributed by atoms with E-state index in [9.17, 15) is 9.18 Å². The Morgan fingerprint density at radius 3 is 2.52 bits per heavy atom. The first-order valence-corrected chi connectivity index (χ1v) is 7.27. The molecule has 0 aromatic heterocycles. The molecule has 0 saturated carbocycles. The van der Waals surface area contributed by atoms with Gasteiger partial charge in [-0.1, -0.05) is 34.1 Å². The fourth-order valence-electron chi connectivity index (χ4n) is 1.96. The summed E-state index contributed by atoms with van der Waals surface area (Å²) in [5, 5.41) is 12.2. The summed E-state index contributed by atoms with van der Waals surface area (Å²) in [6, 6.07) is 11.4. The van der Waals surface area contributed by atoms with Gasteiger partial charge in [-0.25, -0.2) is 9.18 Å². The van der Waals surface area contributed by atoms with Crippen molar-refractivity contribution >= 4 is 21.9 Å². The van der Waals surface area contributed by atoms with Crippen molar-refractivity contribution in [1.29, 1.82) is 0 Å². The molecule has 1 unspecified atom stereocenters. The van der Waals surface area contributed by atoms with Crippen molar-refractivity contribution in [3.8, 4) is 0 Å². The Kier molecular flexibility index (Phi) is 5.09. The third-order valence-electron chi connectivity index (χ3n) is 3.27. The van der Waals surface area contributed by atoms with Crippen LogP contribution in [0.4, 0.5) is 4.39 Å². The number of carbonyl (C=O) groups is 1. The molecule has 1 atom stereocenters. The van der Waals surface area contributed by atoms with Gasteiger partial charge in [-0.05, 0) is 42.3 Å². The number of hydrogen-bond acceptors (Lipinski definition) is 2. The second kappa shape index (κ2) is 6.83. The standard InChI is InChI=1S/C16H15BrFNO2/c1-10(11-4-6-14(18)7-5-11)19-9-13-3-2-12(16(20)21)8-15(13)17/h2-8,10,19H,9H2,1H3,(H,20,21). The summed E-state index contributed by atoms with van der Waals surface area (Å²) in [6.45, 7) is 2.58. The van der Waals surface area contributed by atoms with Crippen molar-refractivity contribution in [2.75, 3.05) is 0 Å². The van der Waals surface area contributed by atoms with Gasteiger partial charge in [0.2, 0.25) is 0 Å². The Labute approximate surface area is 130 Å². The van der Waals surface area contributed by atoms with E-state index < -0.39 is 5.97 Å². The van der Waals surface area contributed by atoms with Gasteiger partial charge in [0.25, 0.3) is 0 Å². The normalized spacial score (nSPS) is 12.1. The molecule has 0 fully saturated rings. The molecular weight excluding hydrogens is 337 g/mol. The molecule has 0 bridgehead atoms. The number of carboxylic acids is 1. The lowest BCUT2D eigenvalue weighted by atomic mass is 10.1. The first-order valence-electron chi connectivity index (χ1n) is 6.48. The van der Waals surface area contributed by atoms with Crippen LogP contribution in [0.3, 0.4) is 0 Å². The molecule has 21 heavy (non-hydrogen) atoms. The van der Waals surface area contributed by atoms with Gasteiger partial charge in [-0.2, -0.15) is 0 Å². The van der Waals surface area contributed by atoms with Crippen LogP contribution in [0, 0.1) is 5.82 Å². The zero-order chi connectivity index (χ0) is 15.4. The molecule has 0 heterocycles. The van der Waals surface area contributed by atoms with E-state index in [2.05, 4.69) is 21.2 Å². The number of nitrogens with one attached hydrogen (secondary N) is 1.